The van der Waals surface area contributed by atoms with Crippen molar-refractivity contribution in [3.05, 3.63) is 0 Å². The van der Waals surface area contributed by atoms with Gasteiger partial charge in [0.05, 0.1) is 12.7 Å². The SMILES string of the molecule is CC(C)(CC1CCCCC1)C1(C)OCC(CN2CCCCCC2)O1. The molecule has 3 fully saturated rings. The minimum atomic E-state index is -0.416. The molecule has 3 heteroatoms. The lowest BCUT2D eigenvalue weighted by atomic mass is 9.72. The molecule has 0 bridgehead atoms. The van der Waals surface area contributed by atoms with Crippen LogP contribution in [0.4, 0.5) is 0 Å². The highest BCUT2D eigenvalue weighted by Gasteiger charge is 2.50. The molecule has 3 aliphatic rings. The molecule has 3 nitrogen and oxygen atoms in total. The summed E-state index contributed by atoms with van der Waals surface area (Å²) in [4.78, 5) is 2.60. The Bertz CT molecular complexity index is 383. The van der Waals surface area contributed by atoms with Crippen LogP contribution < -0.4 is 0 Å². The van der Waals surface area contributed by atoms with Crippen LogP contribution in [-0.2, 0) is 9.47 Å². The number of hydrogen-bond donors (Lipinski definition) is 0. The summed E-state index contributed by atoms with van der Waals surface area (Å²) in [5.74, 6) is 0.448. The van der Waals surface area contributed by atoms with Gasteiger partial charge in [0.1, 0.15) is 0 Å². The van der Waals surface area contributed by atoms with Crippen molar-refractivity contribution in [3.63, 3.8) is 0 Å². The zero-order valence-corrected chi connectivity index (χ0v) is 16.3. The molecule has 3 rings (SSSR count). The lowest BCUT2D eigenvalue weighted by Crippen LogP contribution is -2.45. The van der Waals surface area contributed by atoms with Gasteiger partial charge in [0.15, 0.2) is 5.79 Å². The van der Waals surface area contributed by atoms with Gasteiger partial charge >= 0.3 is 0 Å². The van der Waals surface area contributed by atoms with Gasteiger partial charge in [-0.25, -0.2) is 0 Å². The van der Waals surface area contributed by atoms with Crippen molar-refractivity contribution in [1.82, 2.24) is 4.90 Å². The summed E-state index contributed by atoms with van der Waals surface area (Å²) in [5.41, 5.74) is 0.0859. The molecule has 0 aromatic heterocycles. The summed E-state index contributed by atoms with van der Waals surface area (Å²) in [5, 5.41) is 0. The first-order chi connectivity index (χ1) is 11.5. The highest BCUT2D eigenvalue weighted by molar-refractivity contribution is 4.91. The topological polar surface area (TPSA) is 21.7 Å². The predicted molar refractivity (Wildman–Crippen MR) is 99.1 cm³/mol. The van der Waals surface area contributed by atoms with E-state index in [0.717, 1.165) is 19.1 Å². The number of hydrogen-bond acceptors (Lipinski definition) is 3. The summed E-state index contributed by atoms with van der Waals surface area (Å²) in [6.07, 6.45) is 14.0. The Labute approximate surface area is 149 Å². The maximum absolute atomic E-state index is 6.53. The van der Waals surface area contributed by atoms with Gasteiger partial charge in [-0.1, -0.05) is 58.8 Å². The third kappa shape index (κ3) is 4.53. The summed E-state index contributed by atoms with van der Waals surface area (Å²) in [7, 11) is 0. The molecule has 0 N–H and O–H groups in total. The number of nitrogens with zero attached hydrogens (tertiary/aromatic N) is 1. The van der Waals surface area contributed by atoms with Crippen molar-refractivity contribution in [3.8, 4) is 0 Å². The molecular formula is C21H39NO2. The Morgan fingerprint density at radius 3 is 2.25 bits per heavy atom. The van der Waals surface area contributed by atoms with Crippen LogP contribution >= 0.6 is 0 Å². The fraction of sp³-hybridized carbons (Fsp3) is 1.00. The molecule has 0 spiro atoms. The van der Waals surface area contributed by atoms with Crippen LogP contribution in [0.2, 0.25) is 0 Å². The Morgan fingerprint density at radius 2 is 1.58 bits per heavy atom. The molecule has 0 amide bonds. The van der Waals surface area contributed by atoms with E-state index in [1.807, 2.05) is 0 Å². The van der Waals surface area contributed by atoms with Gasteiger partial charge in [-0.3, -0.25) is 0 Å². The molecule has 0 aromatic rings. The van der Waals surface area contributed by atoms with Gasteiger partial charge in [0, 0.05) is 12.0 Å². The van der Waals surface area contributed by atoms with Crippen LogP contribution in [0, 0.1) is 11.3 Å². The van der Waals surface area contributed by atoms with Gasteiger partial charge in [-0.15, -0.1) is 0 Å². The van der Waals surface area contributed by atoms with Crippen LogP contribution in [0.5, 0.6) is 0 Å². The molecule has 1 aliphatic carbocycles. The molecular weight excluding hydrogens is 298 g/mol. The van der Waals surface area contributed by atoms with E-state index in [0.29, 0.717) is 0 Å². The Balaban J connectivity index is 1.53. The number of likely N-dealkylation sites (tertiary alicyclic amines) is 1. The minimum absolute atomic E-state index is 0.0859. The maximum atomic E-state index is 6.53. The Kier molecular flexibility index (Phi) is 6.26. The molecule has 2 unspecified atom stereocenters. The molecule has 2 saturated heterocycles. The van der Waals surface area contributed by atoms with E-state index in [1.165, 1.54) is 77.3 Å². The Hall–Kier alpha value is -0.120. The lowest BCUT2D eigenvalue weighted by Gasteiger charge is -2.42. The average molecular weight is 338 g/mol. The van der Waals surface area contributed by atoms with Gasteiger partial charge in [0.2, 0.25) is 0 Å². The lowest BCUT2D eigenvalue weighted by molar-refractivity contribution is -0.229. The first kappa shape index (κ1) is 18.7. The summed E-state index contributed by atoms with van der Waals surface area (Å²) < 4.78 is 12.8. The summed E-state index contributed by atoms with van der Waals surface area (Å²) >= 11 is 0. The van der Waals surface area contributed by atoms with Crippen LogP contribution in [0.15, 0.2) is 0 Å². The van der Waals surface area contributed by atoms with E-state index in [1.54, 1.807) is 0 Å². The van der Waals surface area contributed by atoms with Crippen molar-refractivity contribution in [2.45, 2.75) is 96.9 Å². The van der Waals surface area contributed by atoms with Crippen LogP contribution in [0.25, 0.3) is 0 Å². The average Bonchev–Trinajstić information content (AvgIpc) is 2.77. The van der Waals surface area contributed by atoms with E-state index in [9.17, 15) is 0 Å². The predicted octanol–water partition coefficient (Wildman–Crippen LogP) is 4.99. The second kappa shape index (κ2) is 8.05. The Morgan fingerprint density at radius 1 is 0.958 bits per heavy atom. The third-order valence-electron chi connectivity index (χ3n) is 6.85. The molecule has 2 atom stereocenters. The van der Waals surface area contributed by atoms with E-state index in [4.69, 9.17) is 9.47 Å². The highest BCUT2D eigenvalue weighted by atomic mass is 16.7. The van der Waals surface area contributed by atoms with Crippen molar-refractivity contribution in [1.29, 1.82) is 0 Å². The van der Waals surface area contributed by atoms with Gasteiger partial charge < -0.3 is 14.4 Å². The molecule has 140 valence electrons. The van der Waals surface area contributed by atoms with Crippen LogP contribution in [-0.4, -0.2) is 43.0 Å². The highest BCUT2D eigenvalue weighted by Crippen LogP contribution is 2.46. The zero-order valence-electron chi connectivity index (χ0n) is 16.3. The fourth-order valence-electron chi connectivity index (χ4n) is 4.99. The second-order valence-corrected chi connectivity index (χ2v) is 9.30. The summed E-state index contributed by atoms with van der Waals surface area (Å²) in [6.45, 7) is 11.2. The first-order valence-electron chi connectivity index (χ1n) is 10.5. The summed E-state index contributed by atoms with van der Waals surface area (Å²) in [6, 6.07) is 0. The van der Waals surface area contributed by atoms with E-state index < -0.39 is 5.79 Å². The van der Waals surface area contributed by atoms with Gasteiger partial charge in [-0.05, 0) is 45.2 Å². The van der Waals surface area contributed by atoms with Gasteiger partial charge in [0.25, 0.3) is 0 Å². The molecule has 24 heavy (non-hydrogen) atoms. The van der Waals surface area contributed by atoms with Crippen molar-refractivity contribution in [2.75, 3.05) is 26.2 Å². The number of rotatable bonds is 5. The van der Waals surface area contributed by atoms with E-state index >= 15 is 0 Å². The van der Waals surface area contributed by atoms with E-state index in [-0.39, 0.29) is 11.5 Å². The van der Waals surface area contributed by atoms with Crippen molar-refractivity contribution < 1.29 is 9.47 Å². The van der Waals surface area contributed by atoms with E-state index in [2.05, 4.69) is 25.7 Å². The first-order valence-corrected chi connectivity index (χ1v) is 10.5. The standard InChI is InChI=1S/C21H39NO2/c1-20(2,15-18-11-7-6-8-12-18)21(3)23-17-19(24-21)16-22-13-9-4-5-10-14-22/h18-19H,4-17H2,1-3H3. The van der Waals surface area contributed by atoms with Crippen LogP contribution in [0.3, 0.4) is 0 Å². The van der Waals surface area contributed by atoms with Crippen molar-refractivity contribution >= 4 is 0 Å². The monoisotopic (exact) mass is 337 g/mol. The smallest absolute Gasteiger partial charge is 0.171 e. The maximum Gasteiger partial charge on any atom is 0.171 e. The fourth-order valence-corrected chi connectivity index (χ4v) is 4.99. The zero-order chi connectivity index (χ0) is 17.0. The molecule has 1 saturated carbocycles. The number of ether oxygens (including phenoxy) is 2. The largest absolute Gasteiger partial charge is 0.347 e. The van der Waals surface area contributed by atoms with Crippen molar-refractivity contribution in [2.24, 2.45) is 11.3 Å². The minimum Gasteiger partial charge on any atom is -0.347 e. The van der Waals surface area contributed by atoms with Crippen LogP contribution in [0.1, 0.15) is 85.0 Å². The van der Waals surface area contributed by atoms with Gasteiger partial charge in [-0.2, -0.15) is 0 Å². The quantitative estimate of drug-likeness (QED) is 0.705. The molecule has 2 aliphatic heterocycles. The molecule has 2 heterocycles. The normalized spacial score (nSPS) is 34.4. The second-order valence-electron chi connectivity index (χ2n) is 9.30. The molecule has 0 radical (unpaired) electrons. The molecule has 0 aromatic carbocycles. The third-order valence-corrected chi connectivity index (χ3v) is 6.85.